The highest BCUT2D eigenvalue weighted by Gasteiger charge is 2.08. The van der Waals surface area contributed by atoms with Crippen molar-refractivity contribution in [2.75, 3.05) is 0 Å². The third-order valence-corrected chi connectivity index (χ3v) is 2.93. The van der Waals surface area contributed by atoms with Gasteiger partial charge in [-0.05, 0) is 23.3 Å². The van der Waals surface area contributed by atoms with Gasteiger partial charge in [0.05, 0.1) is 5.39 Å². The summed E-state index contributed by atoms with van der Waals surface area (Å²) in [5.41, 5.74) is 2.86. The van der Waals surface area contributed by atoms with Crippen LogP contribution in [0.3, 0.4) is 0 Å². The van der Waals surface area contributed by atoms with E-state index in [1.54, 1.807) is 13.2 Å². The van der Waals surface area contributed by atoms with Crippen LogP contribution in [-0.4, -0.2) is 0 Å². The molecule has 2 aromatic carbocycles. The molecule has 0 saturated carbocycles. The van der Waals surface area contributed by atoms with Crippen LogP contribution in [0.5, 0.6) is 0 Å². The first-order valence-electron chi connectivity index (χ1n) is 5.73. The number of nitrogens with zero attached hydrogens (tertiary/aromatic N) is 1. The van der Waals surface area contributed by atoms with E-state index in [-0.39, 0.29) is 5.76 Å². The van der Waals surface area contributed by atoms with Gasteiger partial charge in [-0.1, -0.05) is 36.4 Å². The molecule has 1 aromatic heterocycles. The van der Waals surface area contributed by atoms with Crippen molar-refractivity contribution in [3.8, 4) is 11.1 Å². The fourth-order valence-electron chi connectivity index (χ4n) is 1.98. The fraction of sp³-hybridized carbons (Fsp3) is 0.0667. The SMILES string of the molecule is C[n+]1cc2cc(-c3ccccc3)ccc2oc1=O. The monoisotopic (exact) mass is 238 g/mol. The molecule has 3 nitrogen and oxygen atoms in total. The highest BCUT2D eigenvalue weighted by atomic mass is 16.4. The second-order valence-corrected chi connectivity index (χ2v) is 4.23. The van der Waals surface area contributed by atoms with Crippen LogP contribution in [0.4, 0.5) is 0 Å². The average molecular weight is 238 g/mol. The predicted octanol–water partition coefficient (Wildman–Crippen LogP) is 2.28. The molecule has 0 unspecified atom stereocenters. The molecule has 88 valence electrons. The van der Waals surface area contributed by atoms with Crippen LogP contribution in [0.15, 0.2) is 63.9 Å². The van der Waals surface area contributed by atoms with Gasteiger partial charge in [0.2, 0.25) is 0 Å². The third-order valence-electron chi connectivity index (χ3n) is 2.93. The van der Waals surface area contributed by atoms with E-state index in [0.29, 0.717) is 5.58 Å². The zero-order valence-electron chi connectivity index (χ0n) is 9.96. The highest BCUT2D eigenvalue weighted by Crippen LogP contribution is 2.22. The standard InChI is InChI=1S/C15H12NO2/c1-16-10-13-9-12(11-5-3-2-4-6-11)7-8-14(13)18-15(16)17/h2-10H,1H3/q+1. The molecule has 3 heteroatoms. The lowest BCUT2D eigenvalue weighted by Gasteiger charge is -2.01. The van der Waals surface area contributed by atoms with Gasteiger partial charge in [-0.3, -0.25) is 0 Å². The van der Waals surface area contributed by atoms with E-state index in [4.69, 9.17) is 4.42 Å². The van der Waals surface area contributed by atoms with Crippen molar-refractivity contribution in [1.82, 2.24) is 0 Å². The first-order valence-corrected chi connectivity index (χ1v) is 5.73. The molecule has 3 aromatic rings. The maximum absolute atomic E-state index is 11.4. The lowest BCUT2D eigenvalue weighted by molar-refractivity contribution is -0.696. The third kappa shape index (κ3) is 1.80. The van der Waals surface area contributed by atoms with Crippen molar-refractivity contribution in [3.05, 3.63) is 65.3 Å². The molecule has 0 atom stereocenters. The van der Waals surface area contributed by atoms with Gasteiger partial charge in [0.1, 0.15) is 7.05 Å². The van der Waals surface area contributed by atoms with E-state index >= 15 is 0 Å². The van der Waals surface area contributed by atoms with E-state index in [1.807, 2.05) is 36.4 Å². The summed E-state index contributed by atoms with van der Waals surface area (Å²) >= 11 is 0. The molecule has 0 saturated heterocycles. The molecule has 0 radical (unpaired) electrons. The summed E-state index contributed by atoms with van der Waals surface area (Å²) in [4.78, 5) is 11.4. The topological polar surface area (TPSA) is 34.1 Å². The largest absolute Gasteiger partial charge is 0.601 e. The summed E-state index contributed by atoms with van der Waals surface area (Å²) < 4.78 is 6.63. The molecule has 0 spiro atoms. The smallest absolute Gasteiger partial charge is 0.372 e. The molecule has 0 aliphatic heterocycles. The maximum Gasteiger partial charge on any atom is 0.601 e. The van der Waals surface area contributed by atoms with E-state index in [0.717, 1.165) is 16.5 Å². The van der Waals surface area contributed by atoms with Gasteiger partial charge >= 0.3 is 5.76 Å². The van der Waals surface area contributed by atoms with Crippen LogP contribution in [-0.2, 0) is 7.05 Å². The summed E-state index contributed by atoms with van der Waals surface area (Å²) in [7, 11) is 1.68. The van der Waals surface area contributed by atoms with E-state index in [1.165, 1.54) is 4.57 Å². The molecule has 3 rings (SSSR count). The van der Waals surface area contributed by atoms with Crippen molar-refractivity contribution in [2.24, 2.45) is 7.05 Å². The summed E-state index contributed by atoms with van der Waals surface area (Å²) in [5, 5.41) is 0.915. The Morgan fingerprint density at radius 3 is 2.56 bits per heavy atom. The van der Waals surface area contributed by atoms with Crippen molar-refractivity contribution in [3.63, 3.8) is 0 Å². The van der Waals surface area contributed by atoms with Crippen LogP contribution in [0.25, 0.3) is 22.1 Å². The maximum atomic E-state index is 11.4. The molecule has 0 bridgehead atoms. The second kappa shape index (κ2) is 4.11. The van der Waals surface area contributed by atoms with Gasteiger partial charge in [0, 0.05) is 0 Å². The Balaban J connectivity index is 2.23. The molecule has 0 fully saturated rings. The van der Waals surface area contributed by atoms with Gasteiger partial charge in [-0.2, -0.15) is 4.79 Å². The normalized spacial score (nSPS) is 10.7. The van der Waals surface area contributed by atoms with Crippen LogP contribution < -0.4 is 10.3 Å². The van der Waals surface area contributed by atoms with Crippen LogP contribution in [0, 0.1) is 0 Å². The van der Waals surface area contributed by atoms with E-state index in [9.17, 15) is 4.79 Å². The van der Waals surface area contributed by atoms with Crippen molar-refractivity contribution in [1.29, 1.82) is 0 Å². The average Bonchev–Trinajstić information content (AvgIpc) is 2.41. The zero-order valence-corrected chi connectivity index (χ0v) is 9.96. The van der Waals surface area contributed by atoms with Gasteiger partial charge in [0.25, 0.3) is 0 Å². The Bertz CT molecular complexity index is 760. The molecule has 0 N–H and O–H groups in total. The Morgan fingerprint density at radius 2 is 1.78 bits per heavy atom. The van der Waals surface area contributed by atoms with Gasteiger partial charge in [-0.25, -0.2) is 0 Å². The van der Waals surface area contributed by atoms with Gasteiger partial charge in [-0.15, -0.1) is 4.57 Å². The Hall–Kier alpha value is -2.42. The Kier molecular flexibility index (Phi) is 2.45. The number of fused-ring (bicyclic) bond motifs is 1. The van der Waals surface area contributed by atoms with E-state index < -0.39 is 0 Å². The summed E-state index contributed by atoms with van der Waals surface area (Å²) in [6.07, 6.45) is 1.79. The number of hydrogen-bond donors (Lipinski definition) is 0. The fourth-order valence-corrected chi connectivity index (χ4v) is 1.98. The Morgan fingerprint density at radius 1 is 1.00 bits per heavy atom. The molecule has 0 aliphatic carbocycles. The molecule has 1 heterocycles. The lowest BCUT2D eigenvalue weighted by atomic mass is 10.0. The Labute approximate surface area is 104 Å². The summed E-state index contributed by atoms with van der Waals surface area (Å²) in [5.74, 6) is -0.352. The minimum atomic E-state index is -0.352. The van der Waals surface area contributed by atoms with Crippen molar-refractivity contribution in [2.45, 2.75) is 0 Å². The predicted molar refractivity (Wildman–Crippen MR) is 69.1 cm³/mol. The van der Waals surface area contributed by atoms with Crippen LogP contribution in [0.1, 0.15) is 0 Å². The number of aryl methyl sites for hydroxylation is 1. The molecular weight excluding hydrogens is 226 g/mol. The number of rotatable bonds is 1. The lowest BCUT2D eigenvalue weighted by Crippen LogP contribution is -2.44. The molecular formula is C15H12NO2+. The van der Waals surface area contributed by atoms with Gasteiger partial charge in [0.15, 0.2) is 11.8 Å². The highest BCUT2D eigenvalue weighted by molar-refractivity contribution is 5.81. The van der Waals surface area contributed by atoms with Crippen LogP contribution >= 0.6 is 0 Å². The van der Waals surface area contributed by atoms with Gasteiger partial charge < -0.3 is 4.42 Å². The quantitative estimate of drug-likeness (QED) is 0.609. The first-order chi connectivity index (χ1) is 8.74. The van der Waals surface area contributed by atoms with E-state index in [2.05, 4.69) is 12.1 Å². The zero-order chi connectivity index (χ0) is 12.5. The second-order valence-electron chi connectivity index (χ2n) is 4.23. The molecule has 0 amide bonds. The number of aromatic nitrogens is 1. The summed E-state index contributed by atoms with van der Waals surface area (Å²) in [6.45, 7) is 0. The minimum Gasteiger partial charge on any atom is -0.372 e. The molecule has 0 aliphatic rings. The first kappa shape index (κ1) is 10.7. The number of hydrogen-bond acceptors (Lipinski definition) is 2. The summed E-state index contributed by atoms with van der Waals surface area (Å²) in [6, 6.07) is 15.9. The minimum absolute atomic E-state index is 0.352. The molecule has 18 heavy (non-hydrogen) atoms. The van der Waals surface area contributed by atoms with Crippen molar-refractivity contribution < 1.29 is 8.98 Å². The van der Waals surface area contributed by atoms with Crippen molar-refractivity contribution >= 4 is 11.0 Å². The number of benzene rings is 2. The van der Waals surface area contributed by atoms with Crippen LogP contribution in [0.2, 0.25) is 0 Å².